The van der Waals surface area contributed by atoms with Crippen LogP contribution >= 0.6 is 0 Å². The predicted octanol–water partition coefficient (Wildman–Crippen LogP) is 3.47. The molecule has 0 aromatic heterocycles. The first-order valence-electron chi connectivity index (χ1n) is 6.03. The standard InChI is InChI=1S/C14H18F3NO/c1-19-10-12(3-2-8-18)9-11-4-6-13(7-5-11)14(15,16)17/h4-7,9H,2-3,8,10,18H2,1H3/b12-9+. The quantitative estimate of drug-likeness (QED) is 0.861. The molecule has 0 aliphatic carbocycles. The summed E-state index contributed by atoms with van der Waals surface area (Å²) in [6, 6.07) is 5.08. The van der Waals surface area contributed by atoms with Crippen molar-refractivity contribution in [3.8, 4) is 0 Å². The summed E-state index contributed by atoms with van der Waals surface area (Å²) in [5.74, 6) is 0. The highest BCUT2D eigenvalue weighted by Crippen LogP contribution is 2.29. The Bertz CT molecular complexity index is 410. The van der Waals surface area contributed by atoms with E-state index in [0.717, 1.165) is 36.1 Å². The van der Waals surface area contributed by atoms with Gasteiger partial charge in [-0.1, -0.05) is 18.2 Å². The number of benzene rings is 1. The zero-order valence-electron chi connectivity index (χ0n) is 10.8. The molecule has 0 saturated carbocycles. The lowest BCUT2D eigenvalue weighted by Gasteiger charge is -2.08. The Hall–Kier alpha value is -1.33. The topological polar surface area (TPSA) is 35.2 Å². The summed E-state index contributed by atoms with van der Waals surface area (Å²) < 4.78 is 42.3. The third-order valence-corrected chi connectivity index (χ3v) is 2.64. The van der Waals surface area contributed by atoms with Crippen molar-refractivity contribution in [2.75, 3.05) is 20.3 Å². The molecule has 2 N–H and O–H groups in total. The van der Waals surface area contributed by atoms with E-state index in [1.54, 1.807) is 7.11 Å². The van der Waals surface area contributed by atoms with Crippen LogP contribution in [0.3, 0.4) is 0 Å². The van der Waals surface area contributed by atoms with Gasteiger partial charge in [0.25, 0.3) is 0 Å². The van der Waals surface area contributed by atoms with Crippen molar-refractivity contribution in [1.82, 2.24) is 0 Å². The lowest BCUT2D eigenvalue weighted by Crippen LogP contribution is -2.04. The molecular formula is C14H18F3NO. The zero-order chi connectivity index (χ0) is 14.3. The van der Waals surface area contributed by atoms with Crippen molar-refractivity contribution in [3.63, 3.8) is 0 Å². The van der Waals surface area contributed by atoms with Crippen LogP contribution in [-0.4, -0.2) is 20.3 Å². The third-order valence-electron chi connectivity index (χ3n) is 2.64. The SMILES string of the molecule is COC/C(=C/c1ccc(C(F)(F)F)cc1)CCCN. The van der Waals surface area contributed by atoms with E-state index in [0.29, 0.717) is 13.2 Å². The molecule has 0 aliphatic rings. The summed E-state index contributed by atoms with van der Waals surface area (Å²) in [5.41, 5.74) is 6.56. The summed E-state index contributed by atoms with van der Waals surface area (Å²) in [5, 5.41) is 0. The summed E-state index contributed by atoms with van der Waals surface area (Å²) in [4.78, 5) is 0. The molecule has 19 heavy (non-hydrogen) atoms. The smallest absolute Gasteiger partial charge is 0.380 e. The molecule has 0 unspecified atom stereocenters. The molecule has 0 aliphatic heterocycles. The zero-order valence-corrected chi connectivity index (χ0v) is 10.8. The van der Waals surface area contributed by atoms with Gasteiger partial charge in [0, 0.05) is 7.11 Å². The maximum atomic E-state index is 12.4. The first-order chi connectivity index (χ1) is 8.97. The molecule has 1 rings (SSSR count). The second-order valence-corrected chi connectivity index (χ2v) is 4.25. The monoisotopic (exact) mass is 273 g/mol. The van der Waals surface area contributed by atoms with Crippen molar-refractivity contribution < 1.29 is 17.9 Å². The van der Waals surface area contributed by atoms with Gasteiger partial charge in [-0.05, 0) is 42.7 Å². The van der Waals surface area contributed by atoms with E-state index in [9.17, 15) is 13.2 Å². The number of ether oxygens (including phenoxy) is 1. The second-order valence-electron chi connectivity index (χ2n) is 4.25. The Morgan fingerprint density at radius 3 is 2.37 bits per heavy atom. The van der Waals surface area contributed by atoms with Crippen molar-refractivity contribution in [2.24, 2.45) is 5.73 Å². The summed E-state index contributed by atoms with van der Waals surface area (Å²) in [6.07, 6.45) is -0.836. The highest BCUT2D eigenvalue weighted by atomic mass is 19.4. The van der Waals surface area contributed by atoms with Gasteiger partial charge in [0.05, 0.1) is 12.2 Å². The fraction of sp³-hybridized carbons (Fsp3) is 0.429. The van der Waals surface area contributed by atoms with E-state index >= 15 is 0 Å². The van der Waals surface area contributed by atoms with Crippen LogP contribution in [0.25, 0.3) is 6.08 Å². The minimum atomic E-state index is -4.29. The number of halogens is 3. The average Bonchev–Trinajstić information content (AvgIpc) is 2.36. The fourth-order valence-electron chi connectivity index (χ4n) is 1.70. The highest BCUT2D eigenvalue weighted by molar-refractivity contribution is 5.53. The number of alkyl halides is 3. The summed E-state index contributed by atoms with van der Waals surface area (Å²) in [6.45, 7) is 1.04. The number of rotatable bonds is 6. The first-order valence-corrected chi connectivity index (χ1v) is 6.03. The second kappa shape index (κ2) is 7.31. The minimum Gasteiger partial charge on any atom is -0.380 e. The van der Waals surface area contributed by atoms with E-state index < -0.39 is 11.7 Å². The molecule has 0 atom stereocenters. The molecule has 106 valence electrons. The molecule has 1 aromatic rings. The van der Waals surface area contributed by atoms with Gasteiger partial charge in [0.2, 0.25) is 0 Å². The molecule has 0 bridgehead atoms. The molecule has 5 heteroatoms. The molecule has 0 amide bonds. The largest absolute Gasteiger partial charge is 0.416 e. The maximum absolute atomic E-state index is 12.4. The number of methoxy groups -OCH3 is 1. The van der Waals surface area contributed by atoms with Crippen LogP contribution in [0.4, 0.5) is 13.2 Å². The molecule has 0 heterocycles. The van der Waals surface area contributed by atoms with Crippen molar-refractivity contribution >= 4 is 6.08 Å². The van der Waals surface area contributed by atoms with Gasteiger partial charge >= 0.3 is 6.18 Å². The molecule has 0 spiro atoms. The summed E-state index contributed by atoms with van der Waals surface area (Å²) in [7, 11) is 1.59. The number of hydrogen-bond donors (Lipinski definition) is 1. The van der Waals surface area contributed by atoms with Crippen molar-refractivity contribution in [3.05, 3.63) is 41.0 Å². The van der Waals surface area contributed by atoms with Crippen LogP contribution in [0.2, 0.25) is 0 Å². The third kappa shape index (κ3) is 5.44. The average molecular weight is 273 g/mol. The van der Waals surface area contributed by atoms with E-state index in [2.05, 4.69) is 0 Å². The molecule has 0 radical (unpaired) electrons. The van der Waals surface area contributed by atoms with Gasteiger partial charge < -0.3 is 10.5 Å². The first kappa shape index (κ1) is 15.7. The van der Waals surface area contributed by atoms with Gasteiger partial charge in [-0.25, -0.2) is 0 Å². The minimum absolute atomic E-state index is 0.459. The highest BCUT2D eigenvalue weighted by Gasteiger charge is 2.29. The predicted molar refractivity (Wildman–Crippen MR) is 69.6 cm³/mol. The molecule has 1 aromatic carbocycles. The van der Waals surface area contributed by atoms with Gasteiger partial charge in [-0.3, -0.25) is 0 Å². The van der Waals surface area contributed by atoms with E-state index in [1.165, 1.54) is 12.1 Å². The molecule has 0 fully saturated rings. The maximum Gasteiger partial charge on any atom is 0.416 e. The molecule has 0 saturated heterocycles. The molecular weight excluding hydrogens is 255 g/mol. The molecule has 2 nitrogen and oxygen atoms in total. The van der Waals surface area contributed by atoms with Gasteiger partial charge in [0.1, 0.15) is 0 Å². The normalized spacial score (nSPS) is 12.8. The van der Waals surface area contributed by atoms with Crippen LogP contribution in [-0.2, 0) is 10.9 Å². The Balaban J connectivity index is 2.83. The van der Waals surface area contributed by atoms with Gasteiger partial charge in [-0.15, -0.1) is 0 Å². The van der Waals surface area contributed by atoms with E-state index in [-0.39, 0.29) is 0 Å². The lowest BCUT2D eigenvalue weighted by atomic mass is 10.1. The Morgan fingerprint density at radius 1 is 1.26 bits per heavy atom. The Morgan fingerprint density at radius 2 is 1.89 bits per heavy atom. The van der Waals surface area contributed by atoms with Crippen molar-refractivity contribution in [2.45, 2.75) is 19.0 Å². The number of nitrogens with two attached hydrogens (primary N) is 1. The van der Waals surface area contributed by atoms with Crippen LogP contribution in [0.15, 0.2) is 29.8 Å². The fourth-order valence-corrected chi connectivity index (χ4v) is 1.70. The lowest BCUT2D eigenvalue weighted by molar-refractivity contribution is -0.137. The van der Waals surface area contributed by atoms with Crippen LogP contribution in [0.5, 0.6) is 0 Å². The van der Waals surface area contributed by atoms with E-state index in [4.69, 9.17) is 10.5 Å². The van der Waals surface area contributed by atoms with Crippen LogP contribution < -0.4 is 5.73 Å². The Labute approximate surface area is 111 Å². The summed E-state index contributed by atoms with van der Waals surface area (Å²) >= 11 is 0. The number of hydrogen-bond acceptors (Lipinski definition) is 2. The van der Waals surface area contributed by atoms with Crippen molar-refractivity contribution in [1.29, 1.82) is 0 Å². The van der Waals surface area contributed by atoms with E-state index in [1.807, 2.05) is 6.08 Å². The Kier molecular flexibility index (Phi) is 6.05. The van der Waals surface area contributed by atoms with Gasteiger partial charge in [-0.2, -0.15) is 13.2 Å². The van der Waals surface area contributed by atoms with Gasteiger partial charge in [0.15, 0.2) is 0 Å². The van der Waals surface area contributed by atoms with Crippen LogP contribution in [0.1, 0.15) is 24.0 Å². The van der Waals surface area contributed by atoms with Crippen LogP contribution in [0, 0.1) is 0 Å².